The van der Waals surface area contributed by atoms with Crippen molar-refractivity contribution in [2.75, 3.05) is 24.7 Å². The van der Waals surface area contributed by atoms with Gasteiger partial charge in [-0.05, 0) is 19.8 Å². The van der Waals surface area contributed by atoms with Gasteiger partial charge in [-0.1, -0.05) is 5.92 Å². The van der Waals surface area contributed by atoms with Crippen LogP contribution in [0.4, 0.5) is 5.69 Å². The van der Waals surface area contributed by atoms with Crippen molar-refractivity contribution in [2.45, 2.75) is 25.8 Å². The van der Waals surface area contributed by atoms with Crippen LogP contribution in [0.25, 0.3) is 0 Å². The summed E-state index contributed by atoms with van der Waals surface area (Å²) < 4.78 is 5.40. The van der Waals surface area contributed by atoms with E-state index in [2.05, 4.69) is 21.0 Å². The van der Waals surface area contributed by atoms with E-state index in [9.17, 15) is 4.79 Å². The van der Waals surface area contributed by atoms with Crippen LogP contribution < -0.4 is 10.5 Å². The summed E-state index contributed by atoms with van der Waals surface area (Å²) in [7, 11) is 0. The summed E-state index contributed by atoms with van der Waals surface area (Å²) in [5.41, 5.74) is 1.46. The minimum atomic E-state index is -0.136. The molecule has 18 heavy (non-hydrogen) atoms. The van der Waals surface area contributed by atoms with Crippen LogP contribution in [0, 0.1) is 19.3 Å². The van der Waals surface area contributed by atoms with Gasteiger partial charge in [0.15, 0.2) is 0 Å². The smallest absolute Gasteiger partial charge is 0.269 e. The molecule has 1 aromatic heterocycles. The monoisotopic (exact) mass is 247 g/mol. The molecule has 0 radical (unpaired) electrons. The Morgan fingerprint density at radius 2 is 2.56 bits per heavy atom. The number of nitrogens with one attached hydrogen (secondary N) is 1. The highest BCUT2D eigenvalue weighted by molar-refractivity contribution is 5.51. The second-order valence-electron chi connectivity index (χ2n) is 4.42. The summed E-state index contributed by atoms with van der Waals surface area (Å²) >= 11 is 0. The zero-order chi connectivity index (χ0) is 13.0. The molecular formula is C13H17N3O2. The molecule has 1 aliphatic heterocycles. The number of nitrogens with zero attached hydrogens (tertiary/aromatic N) is 2. The van der Waals surface area contributed by atoms with Gasteiger partial charge in [-0.25, -0.2) is 5.10 Å². The van der Waals surface area contributed by atoms with E-state index in [0.717, 1.165) is 25.1 Å². The first kappa shape index (κ1) is 12.7. The molecule has 1 N–H and O–H groups in total. The summed E-state index contributed by atoms with van der Waals surface area (Å²) in [4.78, 5) is 13.7. The standard InChI is InChI=1S/C13H17N3O2/c1-3-7-18-9-11-5-4-6-16(11)12-8-14-15-13(17)10(12)2/h1,8,11H,4-7,9H2,2H3,(H,15,17)/t11-/m0/s1. The van der Waals surface area contributed by atoms with Crippen LogP contribution in [0.2, 0.25) is 0 Å². The van der Waals surface area contributed by atoms with Crippen molar-refractivity contribution in [2.24, 2.45) is 0 Å². The molecule has 1 atom stereocenters. The Labute approximate surface area is 106 Å². The quantitative estimate of drug-likeness (QED) is 0.628. The van der Waals surface area contributed by atoms with Gasteiger partial charge in [-0.15, -0.1) is 6.42 Å². The lowest BCUT2D eigenvalue weighted by Gasteiger charge is -2.27. The van der Waals surface area contributed by atoms with E-state index in [1.165, 1.54) is 0 Å². The molecule has 0 saturated carbocycles. The number of hydrogen-bond donors (Lipinski definition) is 1. The van der Waals surface area contributed by atoms with Crippen LogP contribution >= 0.6 is 0 Å². The van der Waals surface area contributed by atoms with Crippen molar-refractivity contribution in [3.8, 4) is 12.3 Å². The molecule has 1 aromatic rings. The van der Waals surface area contributed by atoms with Crippen LogP contribution in [0.1, 0.15) is 18.4 Å². The molecule has 5 nitrogen and oxygen atoms in total. The highest BCUT2D eigenvalue weighted by atomic mass is 16.5. The zero-order valence-corrected chi connectivity index (χ0v) is 10.5. The summed E-state index contributed by atoms with van der Waals surface area (Å²) in [6, 6.07) is 0.278. The van der Waals surface area contributed by atoms with Crippen molar-refractivity contribution in [1.82, 2.24) is 10.2 Å². The number of ether oxygens (including phenoxy) is 1. The second-order valence-corrected chi connectivity index (χ2v) is 4.42. The Morgan fingerprint density at radius 1 is 1.72 bits per heavy atom. The fourth-order valence-corrected chi connectivity index (χ4v) is 2.32. The van der Waals surface area contributed by atoms with Gasteiger partial charge < -0.3 is 9.64 Å². The Hall–Kier alpha value is -1.80. The van der Waals surface area contributed by atoms with Gasteiger partial charge >= 0.3 is 0 Å². The molecular weight excluding hydrogens is 230 g/mol. The average molecular weight is 247 g/mol. The molecule has 2 rings (SSSR count). The largest absolute Gasteiger partial charge is 0.367 e. The molecule has 0 spiro atoms. The second kappa shape index (κ2) is 5.69. The van der Waals surface area contributed by atoms with E-state index in [-0.39, 0.29) is 11.6 Å². The van der Waals surface area contributed by atoms with Crippen LogP contribution in [0.5, 0.6) is 0 Å². The van der Waals surface area contributed by atoms with Crippen LogP contribution in [-0.4, -0.2) is 36.0 Å². The van der Waals surface area contributed by atoms with Gasteiger partial charge in [-0.3, -0.25) is 4.79 Å². The molecule has 96 valence electrons. The number of terminal acetylenes is 1. The van der Waals surface area contributed by atoms with E-state index >= 15 is 0 Å². The fraction of sp³-hybridized carbons (Fsp3) is 0.538. The Balaban J connectivity index is 2.14. The minimum Gasteiger partial charge on any atom is -0.367 e. The van der Waals surface area contributed by atoms with E-state index < -0.39 is 0 Å². The van der Waals surface area contributed by atoms with Crippen molar-refractivity contribution >= 4 is 5.69 Å². The molecule has 0 unspecified atom stereocenters. The van der Waals surface area contributed by atoms with E-state index in [1.807, 2.05) is 6.92 Å². The van der Waals surface area contributed by atoms with Crippen LogP contribution in [-0.2, 0) is 4.74 Å². The number of hydrogen-bond acceptors (Lipinski definition) is 4. The number of H-pyrrole nitrogens is 1. The van der Waals surface area contributed by atoms with Crippen molar-refractivity contribution in [3.05, 3.63) is 22.1 Å². The first-order chi connectivity index (χ1) is 8.74. The van der Waals surface area contributed by atoms with Gasteiger partial charge in [0.25, 0.3) is 5.56 Å². The average Bonchev–Trinajstić information content (AvgIpc) is 2.81. The number of aromatic nitrogens is 2. The lowest BCUT2D eigenvalue weighted by Crippen LogP contribution is -2.35. The summed E-state index contributed by atoms with van der Waals surface area (Å²) in [5.74, 6) is 2.46. The first-order valence-electron chi connectivity index (χ1n) is 6.06. The van der Waals surface area contributed by atoms with Crippen molar-refractivity contribution in [3.63, 3.8) is 0 Å². The SMILES string of the molecule is C#CCOC[C@@H]1CCCN1c1cn[nH]c(=O)c1C. The summed E-state index contributed by atoms with van der Waals surface area (Å²) in [6.07, 6.45) is 9.01. The molecule has 5 heteroatoms. The normalized spacial score (nSPS) is 18.9. The molecule has 0 aliphatic carbocycles. The molecule has 1 saturated heterocycles. The maximum absolute atomic E-state index is 11.6. The third kappa shape index (κ3) is 2.54. The molecule has 1 aliphatic rings. The van der Waals surface area contributed by atoms with Gasteiger partial charge in [0.05, 0.1) is 24.5 Å². The molecule has 0 amide bonds. The fourth-order valence-electron chi connectivity index (χ4n) is 2.32. The number of rotatable bonds is 4. The third-order valence-corrected chi connectivity index (χ3v) is 3.26. The summed E-state index contributed by atoms with van der Waals surface area (Å²) in [5, 5.41) is 6.31. The minimum absolute atomic E-state index is 0.136. The highest BCUT2D eigenvalue weighted by Crippen LogP contribution is 2.26. The molecule has 0 bridgehead atoms. The first-order valence-corrected chi connectivity index (χ1v) is 6.06. The lowest BCUT2D eigenvalue weighted by molar-refractivity contribution is 0.152. The van der Waals surface area contributed by atoms with E-state index in [4.69, 9.17) is 11.2 Å². The maximum atomic E-state index is 11.6. The van der Waals surface area contributed by atoms with Crippen molar-refractivity contribution in [1.29, 1.82) is 0 Å². The van der Waals surface area contributed by atoms with Gasteiger partial charge in [-0.2, -0.15) is 5.10 Å². The van der Waals surface area contributed by atoms with E-state index in [1.54, 1.807) is 6.20 Å². The predicted octanol–water partition coefficient (Wildman–Crippen LogP) is 0.697. The van der Waals surface area contributed by atoms with E-state index in [0.29, 0.717) is 18.8 Å². The Morgan fingerprint density at radius 3 is 3.33 bits per heavy atom. The molecule has 2 heterocycles. The van der Waals surface area contributed by atoms with Gasteiger partial charge in [0.2, 0.25) is 0 Å². The van der Waals surface area contributed by atoms with Crippen LogP contribution in [0.3, 0.4) is 0 Å². The molecule has 1 fully saturated rings. The topological polar surface area (TPSA) is 58.2 Å². The zero-order valence-electron chi connectivity index (χ0n) is 10.5. The predicted molar refractivity (Wildman–Crippen MR) is 69.6 cm³/mol. The molecule has 0 aromatic carbocycles. The van der Waals surface area contributed by atoms with Crippen LogP contribution in [0.15, 0.2) is 11.0 Å². The summed E-state index contributed by atoms with van der Waals surface area (Å²) in [6.45, 7) is 3.66. The highest BCUT2D eigenvalue weighted by Gasteiger charge is 2.26. The maximum Gasteiger partial charge on any atom is 0.269 e. The number of aromatic amines is 1. The lowest BCUT2D eigenvalue weighted by atomic mass is 10.2. The Bertz CT molecular complexity index is 504. The van der Waals surface area contributed by atoms with Crippen molar-refractivity contribution < 1.29 is 4.74 Å². The Kier molecular flexibility index (Phi) is 4.00. The third-order valence-electron chi connectivity index (χ3n) is 3.26. The van der Waals surface area contributed by atoms with Gasteiger partial charge in [0.1, 0.15) is 6.61 Å². The number of anilines is 1. The van der Waals surface area contributed by atoms with Gasteiger partial charge in [0, 0.05) is 12.1 Å².